The Morgan fingerprint density at radius 3 is 2.64 bits per heavy atom. The van der Waals surface area contributed by atoms with Gasteiger partial charge in [-0.2, -0.15) is 5.10 Å². The zero-order valence-electron chi connectivity index (χ0n) is 13.9. The molecule has 6 heteroatoms. The van der Waals surface area contributed by atoms with Crippen molar-refractivity contribution in [2.75, 3.05) is 6.54 Å². The molecule has 2 heterocycles. The maximum atomic E-state index is 6.17. The van der Waals surface area contributed by atoms with E-state index in [1.165, 1.54) is 11.1 Å². The molecule has 0 radical (unpaired) electrons. The maximum absolute atomic E-state index is 6.17. The zero-order valence-corrected chi connectivity index (χ0v) is 15.4. The van der Waals surface area contributed by atoms with E-state index >= 15 is 0 Å². The van der Waals surface area contributed by atoms with Gasteiger partial charge in [-0.25, -0.2) is 9.67 Å². The van der Waals surface area contributed by atoms with E-state index in [-0.39, 0.29) is 0 Å². The molecule has 4 nitrogen and oxygen atoms in total. The first-order chi connectivity index (χ1) is 12.1. The lowest BCUT2D eigenvalue weighted by molar-refractivity contribution is 0.191. The highest BCUT2D eigenvalue weighted by atomic mass is 35.5. The van der Waals surface area contributed by atoms with E-state index in [0.29, 0.717) is 16.7 Å². The van der Waals surface area contributed by atoms with Crippen LogP contribution in [-0.4, -0.2) is 26.2 Å². The summed E-state index contributed by atoms with van der Waals surface area (Å²) in [6.07, 6.45) is 1.06. The van der Waals surface area contributed by atoms with Gasteiger partial charge in [0.1, 0.15) is 5.82 Å². The second-order valence-corrected chi connectivity index (χ2v) is 7.14. The topological polar surface area (TPSA) is 34.0 Å². The molecule has 0 atom stereocenters. The summed E-state index contributed by atoms with van der Waals surface area (Å²) in [5, 5.41) is 5.65. The molecule has 3 aromatic rings. The summed E-state index contributed by atoms with van der Waals surface area (Å²) >= 11 is 12.2. The van der Waals surface area contributed by atoms with Gasteiger partial charge < -0.3 is 0 Å². The van der Waals surface area contributed by atoms with E-state index in [2.05, 4.69) is 39.2 Å². The average molecular weight is 373 g/mol. The lowest BCUT2D eigenvalue weighted by atomic mass is 10.0. The van der Waals surface area contributed by atoms with Crippen LogP contribution in [0, 0.1) is 6.92 Å². The molecule has 4 rings (SSSR count). The maximum Gasteiger partial charge on any atom is 0.159 e. The van der Waals surface area contributed by atoms with Crippen molar-refractivity contribution in [2.24, 2.45) is 0 Å². The van der Waals surface area contributed by atoms with Crippen LogP contribution < -0.4 is 0 Å². The number of nitrogens with zero attached hydrogens (tertiary/aromatic N) is 4. The molecule has 0 spiro atoms. The minimum Gasteiger partial charge on any atom is -0.280 e. The van der Waals surface area contributed by atoms with Crippen LogP contribution in [0.3, 0.4) is 0 Å². The van der Waals surface area contributed by atoms with Crippen LogP contribution in [0.1, 0.15) is 17.0 Å². The first-order valence-corrected chi connectivity index (χ1v) is 9.02. The van der Waals surface area contributed by atoms with E-state index in [4.69, 9.17) is 23.2 Å². The van der Waals surface area contributed by atoms with Crippen LogP contribution in [0.4, 0.5) is 0 Å². The van der Waals surface area contributed by atoms with Crippen molar-refractivity contribution in [2.45, 2.75) is 26.6 Å². The quantitative estimate of drug-likeness (QED) is 0.674. The molecule has 128 valence electrons. The predicted octanol–water partition coefficient (Wildman–Crippen LogP) is 4.58. The van der Waals surface area contributed by atoms with Gasteiger partial charge in [-0.15, -0.1) is 0 Å². The van der Waals surface area contributed by atoms with Crippen LogP contribution in [0.2, 0.25) is 10.0 Å². The molecule has 1 aliphatic heterocycles. The first-order valence-electron chi connectivity index (χ1n) is 8.26. The summed E-state index contributed by atoms with van der Waals surface area (Å²) < 4.78 is 1.95. The highest BCUT2D eigenvalue weighted by Crippen LogP contribution is 2.28. The number of hydrogen-bond donors (Lipinski definition) is 0. The number of rotatable bonds is 3. The predicted molar refractivity (Wildman–Crippen MR) is 101 cm³/mol. The van der Waals surface area contributed by atoms with E-state index in [9.17, 15) is 0 Å². The third kappa shape index (κ3) is 3.43. The van der Waals surface area contributed by atoms with Gasteiger partial charge in [0.05, 0.1) is 16.7 Å². The van der Waals surface area contributed by atoms with E-state index in [1.807, 2.05) is 23.7 Å². The van der Waals surface area contributed by atoms with Crippen molar-refractivity contribution in [3.05, 3.63) is 69.5 Å². The Hall–Kier alpha value is -1.88. The Bertz CT molecular complexity index is 920. The Morgan fingerprint density at radius 2 is 1.84 bits per heavy atom. The summed E-state index contributed by atoms with van der Waals surface area (Å²) in [5.41, 5.74) is 3.76. The van der Waals surface area contributed by atoms with Crippen LogP contribution in [0.25, 0.3) is 11.4 Å². The molecule has 0 saturated heterocycles. The van der Waals surface area contributed by atoms with Gasteiger partial charge in [-0.05, 0) is 42.7 Å². The van der Waals surface area contributed by atoms with E-state index < -0.39 is 0 Å². The van der Waals surface area contributed by atoms with Crippen molar-refractivity contribution in [3.8, 4) is 11.4 Å². The minimum absolute atomic E-state index is 0.526. The molecule has 25 heavy (non-hydrogen) atoms. The summed E-state index contributed by atoms with van der Waals surface area (Å²) in [7, 11) is 0. The second kappa shape index (κ2) is 6.79. The molecule has 0 unspecified atom stereocenters. The Labute approximate surface area is 157 Å². The number of benzene rings is 2. The molecule has 0 aliphatic carbocycles. The Balaban J connectivity index is 1.61. The average Bonchev–Trinajstić information content (AvgIpc) is 2.97. The van der Waals surface area contributed by atoms with Crippen LogP contribution in [0.15, 0.2) is 42.5 Å². The Morgan fingerprint density at radius 1 is 1.04 bits per heavy atom. The lowest BCUT2D eigenvalue weighted by Gasteiger charge is -2.28. The van der Waals surface area contributed by atoms with Gasteiger partial charge >= 0.3 is 0 Å². The van der Waals surface area contributed by atoms with Gasteiger partial charge in [0, 0.05) is 18.7 Å². The molecule has 1 aliphatic rings. The molecule has 0 saturated carbocycles. The van der Waals surface area contributed by atoms with Crippen LogP contribution >= 0.6 is 23.2 Å². The van der Waals surface area contributed by atoms with E-state index in [1.54, 1.807) is 6.07 Å². The SMILES string of the molecule is Cc1nc(-c2ccc(Cl)c(Cl)c2)n(CN2CCc3ccccc3C2)n1. The fourth-order valence-corrected chi connectivity index (χ4v) is 3.57. The van der Waals surface area contributed by atoms with Gasteiger partial charge in [0.25, 0.3) is 0 Å². The third-order valence-electron chi connectivity index (χ3n) is 4.50. The van der Waals surface area contributed by atoms with Gasteiger partial charge in [0.2, 0.25) is 0 Å². The van der Waals surface area contributed by atoms with Crippen molar-refractivity contribution in [1.82, 2.24) is 19.7 Å². The molecular formula is C19H18Cl2N4. The summed E-state index contributed by atoms with van der Waals surface area (Å²) in [5.74, 6) is 1.56. The normalized spacial score (nSPS) is 14.5. The molecule has 0 bridgehead atoms. The van der Waals surface area contributed by atoms with Gasteiger partial charge in [0.15, 0.2) is 5.82 Å². The molecule has 0 N–H and O–H groups in total. The standard InChI is InChI=1S/C19H18Cl2N4/c1-13-22-19(15-6-7-17(20)18(21)10-15)25(23-13)12-24-9-8-14-4-2-3-5-16(14)11-24/h2-7,10H,8-9,11-12H2,1H3. The van der Waals surface area contributed by atoms with Crippen molar-refractivity contribution >= 4 is 23.2 Å². The lowest BCUT2D eigenvalue weighted by Crippen LogP contribution is -2.32. The smallest absolute Gasteiger partial charge is 0.159 e. The van der Waals surface area contributed by atoms with Gasteiger partial charge in [-0.3, -0.25) is 4.90 Å². The van der Waals surface area contributed by atoms with Crippen LogP contribution in [0.5, 0.6) is 0 Å². The first kappa shape index (κ1) is 16.6. The number of halogens is 2. The number of fused-ring (bicyclic) bond motifs is 1. The van der Waals surface area contributed by atoms with Gasteiger partial charge in [-0.1, -0.05) is 47.5 Å². The summed E-state index contributed by atoms with van der Waals surface area (Å²) in [6, 6.07) is 14.2. The summed E-state index contributed by atoms with van der Waals surface area (Å²) in [6.45, 7) is 4.54. The zero-order chi connectivity index (χ0) is 17.4. The van der Waals surface area contributed by atoms with Crippen molar-refractivity contribution < 1.29 is 0 Å². The fraction of sp³-hybridized carbons (Fsp3) is 0.263. The number of aryl methyl sites for hydroxylation is 1. The monoisotopic (exact) mass is 372 g/mol. The molecule has 2 aromatic carbocycles. The number of hydrogen-bond acceptors (Lipinski definition) is 3. The van der Waals surface area contributed by atoms with Crippen molar-refractivity contribution in [1.29, 1.82) is 0 Å². The second-order valence-electron chi connectivity index (χ2n) is 6.32. The fourth-order valence-electron chi connectivity index (χ4n) is 3.27. The highest BCUT2D eigenvalue weighted by molar-refractivity contribution is 6.42. The van der Waals surface area contributed by atoms with E-state index in [0.717, 1.165) is 36.7 Å². The third-order valence-corrected chi connectivity index (χ3v) is 5.24. The molecular weight excluding hydrogens is 355 g/mol. The highest BCUT2D eigenvalue weighted by Gasteiger charge is 2.19. The van der Waals surface area contributed by atoms with Crippen molar-refractivity contribution in [3.63, 3.8) is 0 Å². The van der Waals surface area contributed by atoms with Crippen LogP contribution in [-0.2, 0) is 19.6 Å². The minimum atomic E-state index is 0.526. The largest absolute Gasteiger partial charge is 0.280 e. The molecule has 1 aromatic heterocycles. The Kier molecular flexibility index (Phi) is 4.50. The number of aromatic nitrogens is 3. The molecule has 0 amide bonds. The molecule has 0 fully saturated rings. The summed E-state index contributed by atoms with van der Waals surface area (Å²) in [4.78, 5) is 6.97.